The lowest BCUT2D eigenvalue weighted by molar-refractivity contribution is 0.0697. The van der Waals surface area contributed by atoms with Crippen molar-refractivity contribution in [3.63, 3.8) is 0 Å². The number of aliphatic imine (C=N–C) groups is 1. The van der Waals surface area contributed by atoms with E-state index in [-0.39, 0.29) is 11.7 Å². The Morgan fingerprint density at radius 1 is 1.13 bits per heavy atom. The summed E-state index contributed by atoms with van der Waals surface area (Å²) in [5, 5.41) is 13.3. The number of para-hydroxylation sites is 1. The number of aromatic carboxylic acids is 1. The maximum Gasteiger partial charge on any atom is 0.335 e. The van der Waals surface area contributed by atoms with E-state index in [0.29, 0.717) is 6.54 Å². The predicted octanol–water partition coefficient (Wildman–Crippen LogP) is 3.81. The highest BCUT2D eigenvalue weighted by Gasteiger charge is 2.22. The summed E-state index contributed by atoms with van der Waals surface area (Å²) >= 11 is 6.37. The fraction of sp³-hybridized carbons (Fsp3) is 0.391. The second kappa shape index (κ2) is 10.0. The van der Waals surface area contributed by atoms with E-state index in [0.717, 1.165) is 68.0 Å². The van der Waals surface area contributed by atoms with Gasteiger partial charge in [-0.25, -0.2) is 4.79 Å². The molecular formula is C23H27ClN4O3. The highest BCUT2D eigenvalue weighted by molar-refractivity contribution is 6.33. The maximum atomic E-state index is 11.1. The van der Waals surface area contributed by atoms with E-state index in [9.17, 15) is 4.79 Å². The normalized spacial score (nSPS) is 19.5. The number of hydrogen-bond donors (Lipinski definition) is 2. The van der Waals surface area contributed by atoms with Crippen molar-refractivity contribution in [2.75, 3.05) is 49.5 Å². The summed E-state index contributed by atoms with van der Waals surface area (Å²) in [5.41, 5.74) is 2.13. The van der Waals surface area contributed by atoms with Gasteiger partial charge in [0.15, 0.2) is 5.96 Å². The van der Waals surface area contributed by atoms with Crippen LogP contribution in [0.15, 0.2) is 53.5 Å². The van der Waals surface area contributed by atoms with Crippen LogP contribution in [0.1, 0.15) is 23.2 Å². The molecular weight excluding hydrogens is 416 g/mol. The molecule has 2 aromatic rings. The molecule has 2 saturated heterocycles. The standard InChI is InChI=1S/C23H27ClN4O3/c24-20-5-1-2-6-21(20)27-11-13-28(14-12-27)23(25-16-19-4-3-15-31-19)26-18-9-7-17(8-10-18)22(29)30/h1-2,5-10,19H,3-4,11-16H2,(H,25,26)(H,29,30)/t19-/m1/s1. The van der Waals surface area contributed by atoms with Crippen molar-refractivity contribution in [1.82, 2.24) is 4.90 Å². The van der Waals surface area contributed by atoms with Gasteiger partial charge in [-0.05, 0) is 49.2 Å². The van der Waals surface area contributed by atoms with Gasteiger partial charge >= 0.3 is 5.97 Å². The van der Waals surface area contributed by atoms with Crippen molar-refractivity contribution in [3.05, 3.63) is 59.1 Å². The minimum Gasteiger partial charge on any atom is -0.478 e. The topological polar surface area (TPSA) is 77.4 Å². The van der Waals surface area contributed by atoms with E-state index < -0.39 is 5.97 Å². The van der Waals surface area contributed by atoms with Crippen LogP contribution in [0.4, 0.5) is 11.4 Å². The number of rotatable bonds is 5. The van der Waals surface area contributed by atoms with Gasteiger partial charge in [-0.2, -0.15) is 0 Å². The molecule has 2 fully saturated rings. The Morgan fingerprint density at radius 2 is 1.87 bits per heavy atom. The Labute approximate surface area is 187 Å². The van der Waals surface area contributed by atoms with Gasteiger partial charge in [0.25, 0.3) is 0 Å². The first kappa shape index (κ1) is 21.5. The number of nitrogens with one attached hydrogen (secondary N) is 1. The lowest BCUT2D eigenvalue weighted by Gasteiger charge is -2.38. The summed E-state index contributed by atoms with van der Waals surface area (Å²) in [6.07, 6.45) is 2.27. The number of anilines is 2. The van der Waals surface area contributed by atoms with Crippen molar-refractivity contribution in [1.29, 1.82) is 0 Å². The first-order chi connectivity index (χ1) is 15.1. The average Bonchev–Trinajstić information content (AvgIpc) is 3.31. The molecule has 31 heavy (non-hydrogen) atoms. The van der Waals surface area contributed by atoms with Crippen LogP contribution in [0.2, 0.25) is 5.02 Å². The fourth-order valence-electron chi connectivity index (χ4n) is 3.89. The maximum absolute atomic E-state index is 11.1. The minimum atomic E-state index is -0.936. The smallest absolute Gasteiger partial charge is 0.335 e. The summed E-state index contributed by atoms with van der Waals surface area (Å²) in [7, 11) is 0. The third-order valence-electron chi connectivity index (χ3n) is 5.63. The molecule has 0 spiro atoms. The van der Waals surface area contributed by atoms with E-state index in [4.69, 9.17) is 26.4 Å². The Balaban J connectivity index is 1.45. The Hall–Kier alpha value is -2.77. The summed E-state index contributed by atoms with van der Waals surface area (Å²) < 4.78 is 5.73. The van der Waals surface area contributed by atoms with Crippen molar-refractivity contribution in [2.24, 2.45) is 4.99 Å². The third kappa shape index (κ3) is 5.48. The number of carboxylic acids is 1. The van der Waals surface area contributed by atoms with Crippen LogP contribution in [0.5, 0.6) is 0 Å². The van der Waals surface area contributed by atoms with Crippen LogP contribution in [0, 0.1) is 0 Å². The highest BCUT2D eigenvalue weighted by Crippen LogP contribution is 2.26. The molecule has 0 bridgehead atoms. The number of guanidine groups is 1. The molecule has 7 nitrogen and oxygen atoms in total. The molecule has 0 radical (unpaired) electrons. The zero-order chi connectivity index (χ0) is 21.6. The molecule has 0 saturated carbocycles. The first-order valence-corrected chi connectivity index (χ1v) is 11.0. The highest BCUT2D eigenvalue weighted by atomic mass is 35.5. The molecule has 164 valence electrons. The van der Waals surface area contributed by atoms with Gasteiger partial charge in [-0.3, -0.25) is 4.99 Å². The van der Waals surface area contributed by atoms with Crippen molar-refractivity contribution in [2.45, 2.75) is 18.9 Å². The molecule has 0 aliphatic carbocycles. The zero-order valence-corrected chi connectivity index (χ0v) is 18.1. The largest absolute Gasteiger partial charge is 0.478 e. The van der Waals surface area contributed by atoms with E-state index in [1.165, 1.54) is 0 Å². The van der Waals surface area contributed by atoms with Crippen LogP contribution in [0.25, 0.3) is 0 Å². The number of carboxylic acid groups (broad SMARTS) is 1. The number of hydrogen-bond acceptors (Lipinski definition) is 4. The van der Waals surface area contributed by atoms with Crippen LogP contribution in [-0.4, -0.2) is 67.4 Å². The van der Waals surface area contributed by atoms with Gasteiger partial charge in [0.2, 0.25) is 0 Å². The quantitative estimate of drug-likeness (QED) is 0.541. The van der Waals surface area contributed by atoms with Gasteiger partial charge in [-0.1, -0.05) is 23.7 Å². The monoisotopic (exact) mass is 442 g/mol. The molecule has 2 aromatic carbocycles. The number of carbonyl (C=O) groups is 1. The van der Waals surface area contributed by atoms with Crippen molar-refractivity contribution >= 4 is 34.9 Å². The Morgan fingerprint density at radius 3 is 2.52 bits per heavy atom. The van der Waals surface area contributed by atoms with Crippen LogP contribution in [0.3, 0.4) is 0 Å². The summed E-state index contributed by atoms with van der Waals surface area (Å²) in [6, 6.07) is 14.6. The van der Waals surface area contributed by atoms with Crippen LogP contribution < -0.4 is 10.2 Å². The summed E-state index contributed by atoms with van der Waals surface area (Å²) in [5.74, 6) is -0.146. The molecule has 0 aromatic heterocycles. The number of benzene rings is 2. The van der Waals surface area contributed by atoms with Crippen LogP contribution >= 0.6 is 11.6 Å². The second-order valence-corrected chi connectivity index (χ2v) is 8.14. The van der Waals surface area contributed by atoms with Gasteiger partial charge in [0.1, 0.15) is 0 Å². The molecule has 2 N–H and O–H groups in total. The van der Waals surface area contributed by atoms with Crippen molar-refractivity contribution in [3.8, 4) is 0 Å². The third-order valence-corrected chi connectivity index (χ3v) is 5.95. The van der Waals surface area contributed by atoms with E-state index >= 15 is 0 Å². The van der Waals surface area contributed by atoms with E-state index in [2.05, 4.69) is 15.1 Å². The number of piperazine rings is 1. The average molecular weight is 443 g/mol. The second-order valence-electron chi connectivity index (χ2n) is 7.73. The SMILES string of the molecule is O=C(O)c1ccc(NC(=NC[C@H]2CCCO2)N2CCN(c3ccccc3Cl)CC2)cc1. The van der Waals surface area contributed by atoms with Gasteiger partial charge in [-0.15, -0.1) is 0 Å². The Bertz CT molecular complexity index is 921. The van der Waals surface area contributed by atoms with Crippen molar-refractivity contribution < 1.29 is 14.6 Å². The summed E-state index contributed by atoms with van der Waals surface area (Å²) in [4.78, 5) is 20.5. The minimum absolute atomic E-state index is 0.163. The lowest BCUT2D eigenvalue weighted by Crippen LogP contribution is -2.51. The molecule has 2 heterocycles. The van der Waals surface area contributed by atoms with E-state index in [1.54, 1.807) is 24.3 Å². The molecule has 2 aliphatic rings. The molecule has 0 unspecified atom stereocenters. The molecule has 2 aliphatic heterocycles. The van der Waals surface area contributed by atoms with Gasteiger partial charge in [0.05, 0.1) is 28.9 Å². The number of halogens is 1. The number of nitrogens with zero attached hydrogens (tertiary/aromatic N) is 3. The number of ether oxygens (including phenoxy) is 1. The van der Waals surface area contributed by atoms with E-state index in [1.807, 2.05) is 24.3 Å². The van der Waals surface area contributed by atoms with Gasteiger partial charge in [0, 0.05) is 38.5 Å². The zero-order valence-electron chi connectivity index (χ0n) is 17.3. The lowest BCUT2D eigenvalue weighted by atomic mass is 10.2. The Kier molecular flexibility index (Phi) is 6.94. The molecule has 1 atom stereocenters. The molecule has 8 heteroatoms. The van der Waals surface area contributed by atoms with Gasteiger partial charge < -0.3 is 25.0 Å². The fourth-order valence-corrected chi connectivity index (χ4v) is 4.14. The first-order valence-electron chi connectivity index (χ1n) is 10.6. The van der Waals surface area contributed by atoms with Crippen LogP contribution in [-0.2, 0) is 4.74 Å². The summed E-state index contributed by atoms with van der Waals surface area (Å²) in [6.45, 7) is 4.69. The molecule has 4 rings (SSSR count). The molecule has 0 amide bonds. The predicted molar refractivity (Wildman–Crippen MR) is 124 cm³/mol.